The Morgan fingerprint density at radius 1 is 0.456 bits per heavy atom. The van der Waals surface area contributed by atoms with Gasteiger partial charge in [-0.15, -0.1) is 11.3 Å². The smallest absolute Gasteiger partial charge is 0.146 e. The predicted molar refractivity (Wildman–Crippen MR) is 238 cm³/mol. The number of para-hydroxylation sites is 2. The fraction of sp³-hybridized carbons (Fsp3) is 0.0192. The number of nitrogens with one attached hydrogen (secondary N) is 1. The molecule has 268 valence electrons. The molecule has 1 aliphatic rings. The molecule has 4 heterocycles. The van der Waals surface area contributed by atoms with Crippen LogP contribution >= 0.6 is 11.3 Å². The van der Waals surface area contributed by atoms with Crippen molar-refractivity contribution < 1.29 is 0 Å². The zero-order chi connectivity index (χ0) is 37.5. The summed E-state index contributed by atoms with van der Waals surface area (Å²) in [5, 5.41) is 12.3. The number of hydrogen-bond donors (Lipinski definition) is 1. The molecule has 1 atom stereocenters. The van der Waals surface area contributed by atoms with Gasteiger partial charge in [0.2, 0.25) is 0 Å². The molecule has 0 amide bonds. The summed E-state index contributed by atoms with van der Waals surface area (Å²) in [7, 11) is 0. The molecule has 0 bridgehead atoms. The van der Waals surface area contributed by atoms with E-state index in [0.717, 1.165) is 26.8 Å². The van der Waals surface area contributed by atoms with Gasteiger partial charge in [-0.1, -0.05) is 146 Å². The maximum Gasteiger partial charge on any atom is 0.146 e. The summed E-state index contributed by atoms with van der Waals surface area (Å²) < 4.78 is 5.99. The third-order valence-corrected chi connectivity index (χ3v) is 12.7. The SMILES string of the molecule is c1ccc(-c2cc3c(s2)=C(n2c4ccc(-c5ccc6c(c5)c5ccccc5n6-c5ccccc5)cc4c4ccc5ccccc5c42)NC(c2ccccc2)N=3)cc1. The highest BCUT2D eigenvalue weighted by Gasteiger charge is 2.24. The van der Waals surface area contributed by atoms with Crippen LogP contribution in [-0.4, -0.2) is 9.13 Å². The molecule has 0 fully saturated rings. The molecule has 1 aliphatic heterocycles. The lowest BCUT2D eigenvalue weighted by Crippen LogP contribution is -2.39. The standard InChI is InChI=1S/C52H34N4S/c1-4-15-34(16-5-1)48-32-44-50(57-48)52(54-51(53-44)35-17-6-2-7-18-35)56-47-29-26-37(31-43(47)41-27-24-33-14-10-11-21-39(33)49(41)56)36-25-28-46-42(30-36)40-22-12-13-23-45(40)55(46)38-19-8-3-9-20-38/h1-32,51,54H. The van der Waals surface area contributed by atoms with E-state index in [1.165, 1.54) is 76.1 Å². The van der Waals surface area contributed by atoms with Crippen LogP contribution in [0, 0.1) is 0 Å². The summed E-state index contributed by atoms with van der Waals surface area (Å²) in [6, 6.07) is 70.2. The Morgan fingerprint density at radius 2 is 1.07 bits per heavy atom. The average molecular weight is 747 g/mol. The Labute approximate surface area is 332 Å². The van der Waals surface area contributed by atoms with Gasteiger partial charge in [0.1, 0.15) is 12.0 Å². The number of thiophene rings is 1. The highest BCUT2D eigenvalue weighted by molar-refractivity contribution is 7.13. The minimum Gasteiger partial charge on any atom is -0.345 e. The minimum absolute atomic E-state index is 0.238. The van der Waals surface area contributed by atoms with Gasteiger partial charge in [-0.2, -0.15) is 0 Å². The van der Waals surface area contributed by atoms with Crippen molar-refractivity contribution in [3.05, 3.63) is 210 Å². The van der Waals surface area contributed by atoms with Crippen LogP contribution < -0.4 is 15.2 Å². The molecule has 0 spiro atoms. The lowest BCUT2D eigenvalue weighted by atomic mass is 10.00. The summed E-state index contributed by atoms with van der Waals surface area (Å²) in [6.45, 7) is 0. The topological polar surface area (TPSA) is 34.2 Å². The van der Waals surface area contributed by atoms with Crippen molar-refractivity contribution in [3.63, 3.8) is 0 Å². The van der Waals surface area contributed by atoms with Gasteiger partial charge in [0.15, 0.2) is 0 Å². The van der Waals surface area contributed by atoms with Crippen molar-refractivity contribution >= 4 is 71.5 Å². The number of nitrogens with zero attached hydrogens (tertiary/aromatic N) is 3. The Kier molecular flexibility index (Phi) is 7.13. The number of rotatable bonds is 5. The van der Waals surface area contributed by atoms with Crippen LogP contribution in [0.5, 0.6) is 0 Å². The summed E-state index contributed by atoms with van der Waals surface area (Å²) >= 11 is 1.80. The molecule has 8 aromatic carbocycles. The molecule has 12 rings (SSSR count). The van der Waals surface area contributed by atoms with E-state index in [1.807, 2.05) is 0 Å². The molecule has 5 heteroatoms. The fourth-order valence-corrected chi connectivity index (χ4v) is 10.0. The van der Waals surface area contributed by atoms with Crippen LogP contribution in [-0.2, 0) is 0 Å². The summed E-state index contributed by atoms with van der Waals surface area (Å²) in [4.78, 5) is 6.53. The van der Waals surface area contributed by atoms with E-state index in [2.05, 4.69) is 209 Å². The van der Waals surface area contributed by atoms with Crippen LogP contribution in [0.25, 0.3) is 87.5 Å². The molecule has 0 saturated heterocycles. The number of fused-ring (bicyclic) bond motifs is 9. The lowest BCUT2D eigenvalue weighted by Gasteiger charge is -2.23. The third kappa shape index (κ3) is 5.03. The Hall–Kier alpha value is -7.21. The van der Waals surface area contributed by atoms with Crippen molar-refractivity contribution in [3.8, 4) is 27.3 Å². The average Bonchev–Trinajstić information content (AvgIpc) is 3.97. The highest BCUT2D eigenvalue weighted by Crippen LogP contribution is 2.40. The fourth-order valence-electron chi connectivity index (χ4n) is 8.92. The second-order valence-corrected chi connectivity index (χ2v) is 15.8. The summed E-state index contributed by atoms with van der Waals surface area (Å²) in [5.41, 5.74) is 10.6. The predicted octanol–water partition coefficient (Wildman–Crippen LogP) is 12.0. The van der Waals surface area contributed by atoms with Crippen molar-refractivity contribution in [2.75, 3.05) is 0 Å². The van der Waals surface area contributed by atoms with Crippen molar-refractivity contribution in [1.29, 1.82) is 0 Å². The maximum absolute atomic E-state index is 5.33. The molecule has 0 aliphatic carbocycles. The molecule has 57 heavy (non-hydrogen) atoms. The van der Waals surface area contributed by atoms with Gasteiger partial charge >= 0.3 is 0 Å². The molecule has 1 N–H and O–H groups in total. The second kappa shape index (κ2) is 12.7. The van der Waals surface area contributed by atoms with Crippen LogP contribution in [0.4, 0.5) is 0 Å². The van der Waals surface area contributed by atoms with Gasteiger partial charge < -0.3 is 9.88 Å². The maximum atomic E-state index is 5.33. The lowest BCUT2D eigenvalue weighted by molar-refractivity contribution is 0.620. The highest BCUT2D eigenvalue weighted by atomic mass is 32.1. The van der Waals surface area contributed by atoms with Crippen LogP contribution in [0.1, 0.15) is 11.7 Å². The first-order chi connectivity index (χ1) is 28.3. The van der Waals surface area contributed by atoms with E-state index in [0.29, 0.717) is 0 Å². The van der Waals surface area contributed by atoms with Gasteiger partial charge in [0.25, 0.3) is 0 Å². The van der Waals surface area contributed by atoms with Crippen LogP contribution in [0.3, 0.4) is 0 Å². The number of aromatic nitrogens is 2. The van der Waals surface area contributed by atoms with E-state index < -0.39 is 0 Å². The normalized spacial score (nSPS) is 14.0. The minimum atomic E-state index is -0.238. The quantitative estimate of drug-likeness (QED) is 0.187. The number of benzene rings is 8. The Balaban J connectivity index is 1.12. The van der Waals surface area contributed by atoms with Gasteiger partial charge in [0.05, 0.1) is 32.0 Å². The Morgan fingerprint density at radius 3 is 1.84 bits per heavy atom. The zero-order valence-electron chi connectivity index (χ0n) is 30.8. The largest absolute Gasteiger partial charge is 0.345 e. The van der Waals surface area contributed by atoms with E-state index in [1.54, 1.807) is 11.3 Å². The van der Waals surface area contributed by atoms with Crippen molar-refractivity contribution in [1.82, 2.24) is 14.5 Å². The van der Waals surface area contributed by atoms with Gasteiger partial charge in [-0.3, -0.25) is 9.56 Å². The summed E-state index contributed by atoms with van der Waals surface area (Å²) in [6.07, 6.45) is -0.238. The molecule has 4 nitrogen and oxygen atoms in total. The monoisotopic (exact) mass is 746 g/mol. The van der Waals surface area contributed by atoms with Crippen molar-refractivity contribution in [2.45, 2.75) is 6.17 Å². The third-order valence-electron chi connectivity index (χ3n) is 11.5. The zero-order valence-corrected chi connectivity index (χ0v) is 31.6. The first-order valence-electron chi connectivity index (χ1n) is 19.4. The molecule has 1 unspecified atom stereocenters. The molecule has 0 saturated carbocycles. The Bertz CT molecular complexity index is 3490. The molecule has 3 aromatic heterocycles. The van der Waals surface area contributed by atoms with Gasteiger partial charge in [0, 0.05) is 37.5 Å². The van der Waals surface area contributed by atoms with Crippen LogP contribution in [0.2, 0.25) is 0 Å². The van der Waals surface area contributed by atoms with E-state index in [9.17, 15) is 0 Å². The second-order valence-electron chi connectivity index (χ2n) is 14.8. The van der Waals surface area contributed by atoms with E-state index >= 15 is 0 Å². The molecule has 11 aromatic rings. The molecular weight excluding hydrogens is 713 g/mol. The molecule has 0 radical (unpaired) electrons. The van der Waals surface area contributed by atoms with E-state index in [-0.39, 0.29) is 6.17 Å². The van der Waals surface area contributed by atoms with E-state index in [4.69, 9.17) is 4.99 Å². The first-order valence-corrected chi connectivity index (χ1v) is 20.2. The first kappa shape index (κ1) is 32.1. The van der Waals surface area contributed by atoms with Gasteiger partial charge in [-0.05, 0) is 76.2 Å². The van der Waals surface area contributed by atoms with Gasteiger partial charge in [-0.25, -0.2) is 0 Å². The van der Waals surface area contributed by atoms with Crippen LogP contribution in [0.15, 0.2) is 199 Å². The van der Waals surface area contributed by atoms with Crippen molar-refractivity contribution in [2.24, 2.45) is 4.99 Å². The summed E-state index contributed by atoms with van der Waals surface area (Å²) in [5.74, 6) is 1.06. The molecular formula is C52H34N4S. The number of hydrogen-bond acceptors (Lipinski definition) is 3.